The lowest BCUT2D eigenvalue weighted by Gasteiger charge is -2.31. The number of hydrogen-bond acceptors (Lipinski definition) is 4. The van der Waals surface area contributed by atoms with E-state index >= 15 is 0 Å². The zero-order chi connectivity index (χ0) is 13.0. The standard InChI is InChI=1S/C13H21ClN2OS/c1-2-16(9-10-4-3-7-17-10)11(8-15)12-5-6-13(14)18-12/h5-6,10-11H,2-4,7-9,15H2,1H3. The van der Waals surface area contributed by atoms with Crippen molar-refractivity contribution in [3.63, 3.8) is 0 Å². The Bertz CT molecular complexity index is 366. The molecule has 1 saturated heterocycles. The van der Waals surface area contributed by atoms with Gasteiger partial charge >= 0.3 is 0 Å². The first-order valence-electron chi connectivity index (χ1n) is 6.55. The van der Waals surface area contributed by atoms with Crippen LogP contribution in [0.1, 0.15) is 30.7 Å². The van der Waals surface area contributed by atoms with Crippen molar-refractivity contribution in [3.05, 3.63) is 21.3 Å². The molecule has 5 heteroatoms. The highest BCUT2D eigenvalue weighted by atomic mass is 35.5. The summed E-state index contributed by atoms with van der Waals surface area (Å²) in [6, 6.07) is 4.30. The molecule has 0 spiro atoms. The second-order valence-electron chi connectivity index (χ2n) is 4.62. The molecule has 2 rings (SSSR count). The van der Waals surface area contributed by atoms with Crippen LogP contribution in [0.2, 0.25) is 4.34 Å². The van der Waals surface area contributed by atoms with Gasteiger partial charge in [0.25, 0.3) is 0 Å². The second-order valence-corrected chi connectivity index (χ2v) is 6.36. The molecule has 2 atom stereocenters. The number of ether oxygens (including phenoxy) is 1. The van der Waals surface area contributed by atoms with Crippen LogP contribution in [0.5, 0.6) is 0 Å². The fourth-order valence-electron chi connectivity index (χ4n) is 2.48. The quantitative estimate of drug-likeness (QED) is 0.875. The van der Waals surface area contributed by atoms with Crippen LogP contribution in [0.4, 0.5) is 0 Å². The maximum atomic E-state index is 6.01. The molecule has 0 amide bonds. The van der Waals surface area contributed by atoms with Gasteiger partial charge in [0.2, 0.25) is 0 Å². The zero-order valence-electron chi connectivity index (χ0n) is 10.8. The number of rotatable bonds is 6. The molecule has 102 valence electrons. The number of thiophene rings is 1. The zero-order valence-corrected chi connectivity index (χ0v) is 12.3. The van der Waals surface area contributed by atoms with Gasteiger partial charge in [0, 0.05) is 24.6 Å². The van der Waals surface area contributed by atoms with E-state index in [9.17, 15) is 0 Å². The van der Waals surface area contributed by atoms with Gasteiger partial charge in [-0.2, -0.15) is 0 Å². The molecular formula is C13H21ClN2OS. The summed E-state index contributed by atoms with van der Waals surface area (Å²) >= 11 is 7.64. The summed E-state index contributed by atoms with van der Waals surface area (Å²) in [4.78, 5) is 3.65. The van der Waals surface area contributed by atoms with Crippen LogP contribution >= 0.6 is 22.9 Å². The Morgan fingerprint density at radius 1 is 1.61 bits per heavy atom. The van der Waals surface area contributed by atoms with E-state index in [1.165, 1.54) is 17.7 Å². The molecule has 1 aromatic heterocycles. The van der Waals surface area contributed by atoms with Gasteiger partial charge in [0.15, 0.2) is 0 Å². The Hall–Kier alpha value is -0.130. The molecule has 18 heavy (non-hydrogen) atoms. The van der Waals surface area contributed by atoms with E-state index in [-0.39, 0.29) is 6.04 Å². The highest BCUT2D eigenvalue weighted by Crippen LogP contribution is 2.30. The molecule has 3 nitrogen and oxygen atoms in total. The third kappa shape index (κ3) is 3.45. The molecule has 0 aromatic carbocycles. The lowest BCUT2D eigenvalue weighted by Crippen LogP contribution is -2.38. The molecule has 1 aliphatic rings. The van der Waals surface area contributed by atoms with Crippen LogP contribution in [0.15, 0.2) is 12.1 Å². The normalized spacial score (nSPS) is 21.7. The van der Waals surface area contributed by atoms with Crippen molar-refractivity contribution in [2.75, 3.05) is 26.2 Å². The lowest BCUT2D eigenvalue weighted by molar-refractivity contribution is 0.0607. The minimum atomic E-state index is 0.261. The number of nitrogens with two attached hydrogens (primary N) is 1. The fraction of sp³-hybridized carbons (Fsp3) is 0.692. The third-order valence-electron chi connectivity index (χ3n) is 3.45. The van der Waals surface area contributed by atoms with E-state index in [1.807, 2.05) is 6.07 Å². The van der Waals surface area contributed by atoms with E-state index in [0.717, 1.165) is 24.0 Å². The van der Waals surface area contributed by atoms with Crippen LogP contribution in [0.25, 0.3) is 0 Å². The Balaban J connectivity index is 2.03. The minimum Gasteiger partial charge on any atom is -0.377 e. The summed E-state index contributed by atoms with van der Waals surface area (Å²) in [5.41, 5.74) is 5.95. The van der Waals surface area contributed by atoms with Crippen molar-refractivity contribution < 1.29 is 4.74 Å². The molecule has 1 aliphatic heterocycles. The van der Waals surface area contributed by atoms with Gasteiger partial charge in [-0.1, -0.05) is 18.5 Å². The molecule has 2 unspecified atom stereocenters. The van der Waals surface area contributed by atoms with Crippen LogP contribution in [0, 0.1) is 0 Å². The summed E-state index contributed by atoms with van der Waals surface area (Å²) < 4.78 is 6.55. The molecule has 0 aliphatic carbocycles. The largest absolute Gasteiger partial charge is 0.377 e. The molecule has 0 bridgehead atoms. The smallest absolute Gasteiger partial charge is 0.0931 e. The van der Waals surface area contributed by atoms with Gasteiger partial charge in [-0.3, -0.25) is 4.90 Å². The van der Waals surface area contributed by atoms with Crippen molar-refractivity contribution in [2.45, 2.75) is 31.9 Å². The molecule has 1 aromatic rings. The van der Waals surface area contributed by atoms with Gasteiger partial charge in [-0.25, -0.2) is 0 Å². The molecule has 2 N–H and O–H groups in total. The third-order valence-corrected chi connectivity index (χ3v) is 4.79. The predicted molar refractivity (Wildman–Crippen MR) is 77.3 cm³/mol. The highest BCUT2D eigenvalue weighted by Gasteiger charge is 2.24. The summed E-state index contributed by atoms with van der Waals surface area (Å²) in [5, 5.41) is 0. The van der Waals surface area contributed by atoms with Gasteiger partial charge in [0.1, 0.15) is 0 Å². The van der Waals surface area contributed by atoms with Crippen LogP contribution in [-0.2, 0) is 4.74 Å². The second kappa shape index (κ2) is 6.87. The van der Waals surface area contributed by atoms with Gasteiger partial charge < -0.3 is 10.5 Å². The first-order valence-corrected chi connectivity index (χ1v) is 7.75. The topological polar surface area (TPSA) is 38.5 Å². The fourth-order valence-corrected chi connectivity index (χ4v) is 3.69. The van der Waals surface area contributed by atoms with Gasteiger partial charge in [0.05, 0.1) is 16.5 Å². The Labute approximate surface area is 118 Å². The summed E-state index contributed by atoms with van der Waals surface area (Å²) in [5.74, 6) is 0. The molecule has 2 heterocycles. The van der Waals surface area contributed by atoms with Crippen LogP contribution in [-0.4, -0.2) is 37.2 Å². The highest BCUT2D eigenvalue weighted by molar-refractivity contribution is 7.16. The van der Waals surface area contributed by atoms with Gasteiger partial charge in [-0.15, -0.1) is 11.3 Å². The van der Waals surface area contributed by atoms with E-state index in [4.69, 9.17) is 22.1 Å². The minimum absolute atomic E-state index is 0.261. The molecular weight excluding hydrogens is 268 g/mol. The SMILES string of the molecule is CCN(CC1CCCO1)C(CN)c1ccc(Cl)s1. The summed E-state index contributed by atoms with van der Waals surface area (Å²) in [6.45, 7) is 5.65. The first kappa shape index (κ1) is 14.3. The number of hydrogen-bond donors (Lipinski definition) is 1. The molecule has 0 radical (unpaired) electrons. The number of halogens is 1. The van der Waals surface area contributed by atoms with Crippen LogP contribution < -0.4 is 5.73 Å². The molecule has 0 saturated carbocycles. The average molecular weight is 289 g/mol. The van der Waals surface area contributed by atoms with Gasteiger partial charge in [-0.05, 0) is 31.5 Å². The van der Waals surface area contributed by atoms with Crippen molar-refractivity contribution in [3.8, 4) is 0 Å². The van der Waals surface area contributed by atoms with E-state index in [2.05, 4.69) is 17.9 Å². The Morgan fingerprint density at radius 2 is 2.44 bits per heavy atom. The molecule has 1 fully saturated rings. The van der Waals surface area contributed by atoms with Crippen molar-refractivity contribution in [2.24, 2.45) is 5.73 Å². The number of likely N-dealkylation sites (N-methyl/N-ethyl adjacent to an activating group) is 1. The number of nitrogens with zero attached hydrogens (tertiary/aromatic N) is 1. The Kier molecular flexibility index (Phi) is 5.45. The van der Waals surface area contributed by atoms with E-state index < -0.39 is 0 Å². The van der Waals surface area contributed by atoms with E-state index in [0.29, 0.717) is 12.6 Å². The Morgan fingerprint density at radius 3 is 2.94 bits per heavy atom. The maximum Gasteiger partial charge on any atom is 0.0931 e. The summed E-state index contributed by atoms with van der Waals surface area (Å²) in [6.07, 6.45) is 2.72. The summed E-state index contributed by atoms with van der Waals surface area (Å²) in [7, 11) is 0. The lowest BCUT2D eigenvalue weighted by atomic mass is 10.1. The predicted octanol–water partition coefficient (Wildman–Crippen LogP) is 2.90. The van der Waals surface area contributed by atoms with Crippen molar-refractivity contribution >= 4 is 22.9 Å². The first-order chi connectivity index (χ1) is 8.74. The van der Waals surface area contributed by atoms with Crippen LogP contribution in [0.3, 0.4) is 0 Å². The monoisotopic (exact) mass is 288 g/mol. The average Bonchev–Trinajstić information content (AvgIpc) is 3.01. The van der Waals surface area contributed by atoms with Crippen molar-refractivity contribution in [1.29, 1.82) is 0 Å². The van der Waals surface area contributed by atoms with Crippen molar-refractivity contribution in [1.82, 2.24) is 4.90 Å². The maximum absolute atomic E-state index is 6.01. The van der Waals surface area contributed by atoms with E-state index in [1.54, 1.807) is 11.3 Å².